The summed E-state index contributed by atoms with van der Waals surface area (Å²) in [7, 11) is 1.67. The molecule has 0 aromatic carbocycles. The highest BCUT2D eigenvalue weighted by Crippen LogP contribution is 2.16. The molecule has 10 heavy (non-hydrogen) atoms. The Hall–Kier alpha value is -0.860. The molecule has 0 saturated carbocycles. The first-order valence-electron chi connectivity index (χ1n) is 3.12. The normalized spacial score (nSPS) is 13.0. The molecule has 0 fully saturated rings. The van der Waals surface area contributed by atoms with Gasteiger partial charge in [-0.2, -0.15) is 0 Å². The Kier molecular flexibility index (Phi) is 3.06. The monoisotopic (exact) mass is 142 g/mol. The fraction of sp³-hybridized carbons (Fsp3) is 0.714. The Morgan fingerprint density at radius 3 is 2.00 bits per heavy atom. The van der Waals surface area contributed by atoms with E-state index in [-0.39, 0.29) is 5.41 Å². The van der Waals surface area contributed by atoms with Gasteiger partial charge in [-0.3, -0.25) is 4.99 Å². The van der Waals surface area contributed by atoms with Crippen LogP contribution < -0.4 is 0 Å². The molecule has 0 N–H and O–H groups in total. The van der Waals surface area contributed by atoms with E-state index in [1.165, 1.54) is 0 Å². The van der Waals surface area contributed by atoms with Crippen LogP contribution in [-0.4, -0.2) is 19.7 Å². The quantitative estimate of drug-likeness (QED) is 0.311. The average molecular weight is 142 g/mol. The Bertz CT molecular complexity index is 144. The second-order valence-corrected chi connectivity index (χ2v) is 3.00. The van der Waals surface area contributed by atoms with Crippen molar-refractivity contribution >= 4 is 12.6 Å². The third-order valence-electron chi connectivity index (χ3n) is 0.996. The number of hydrogen-bond donors (Lipinski definition) is 0. The van der Waals surface area contributed by atoms with Crippen LogP contribution in [0.3, 0.4) is 0 Å². The van der Waals surface area contributed by atoms with Crippen molar-refractivity contribution < 1.29 is 4.84 Å². The molecule has 0 saturated heterocycles. The fourth-order valence-electron chi connectivity index (χ4n) is 0.574. The zero-order valence-corrected chi connectivity index (χ0v) is 7.01. The zero-order chi connectivity index (χ0) is 8.20. The molecule has 58 valence electrons. The van der Waals surface area contributed by atoms with E-state index in [1.54, 1.807) is 7.05 Å². The molecule has 0 aliphatic heterocycles. The highest BCUT2D eigenvalue weighted by Gasteiger charge is 2.20. The van der Waals surface area contributed by atoms with Gasteiger partial charge in [0.2, 0.25) is 5.90 Å². The van der Waals surface area contributed by atoms with Gasteiger partial charge in [0.15, 0.2) is 0 Å². The van der Waals surface area contributed by atoms with E-state index in [1.807, 2.05) is 20.8 Å². The standard InChI is InChI=1S/C7H14N2O/c1-7(2,3)6(8-4)10-9-5/h5H2,1-4H3. The Labute approximate surface area is 61.8 Å². The molecule has 0 atom stereocenters. The first-order valence-corrected chi connectivity index (χ1v) is 3.12. The van der Waals surface area contributed by atoms with Crippen LogP contribution in [0.4, 0.5) is 0 Å². The molecule has 0 aromatic heterocycles. The van der Waals surface area contributed by atoms with Gasteiger partial charge < -0.3 is 4.84 Å². The van der Waals surface area contributed by atoms with Crippen LogP contribution in [0.15, 0.2) is 10.1 Å². The summed E-state index contributed by atoms with van der Waals surface area (Å²) in [6.45, 7) is 9.21. The summed E-state index contributed by atoms with van der Waals surface area (Å²) in [6, 6.07) is 0. The van der Waals surface area contributed by atoms with Crippen LogP contribution in [-0.2, 0) is 4.84 Å². The van der Waals surface area contributed by atoms with E-state index in [0.717, 1.165) is 0 Å². The lowest BCUT2D eigenvalue weighted by molar-refractivity contribution is 0.282. The van der Waals surface area contributed by atoms with Crippen LogP contribution in [0, 0.1) is 5.41 Å². The van der Waals surface area contributed by atoms with E-state index in [2.05, 4.69) is 16.9 Å². The zero-order valence-electron chi connectivity index (χ0n) is 7.01. The SMILES string of the molecule is C=NOC(=NC)C(C)(C)C. The lowest BCUT2D eigenvalue weighted by Gasteiger charge is -2.17. The van der Waals surface area contributed by atoms with Gasteiger partial charge in [-0.15, -0.1) is 0 Å². The maximum absolute atomic E-state index is 4.82. The van der Waals surface area contributed by atoms with Crippen molar-refractivity contribution in [3.8, 4) is 0 Å². The molecule has 0 spiro atoms. The topological polar surface area (TPSA) is 34.0 Å². The summed E-state index contributed by atoms with van der Waals surface area (Å²) in [5.74, 6) is 0.600. The summed E-state index contributed by atoms with van der Waals surface area (Å²) in [4.78, 5) is 8.73. The van der Waals surface area contributed by atoms with E-state index >= 15 is 0 Å². The molecule has 0 bridgehead atoms. The molecule has 0 amide bonds. The first-order chi connectivity index (χ1) is 4.52. The summed E-state index contributed by atoms with van der Waals surface area (Å²) in [5.41, 5.74) is -0.0874. The summed E-state index contributed by atoms with van der Waals surface area (Å²) in [6.07, 6.45) is 0. The van der Waals surface area contributed by atoms with Crippen molar-refractivity contribution in [2.45, 2.75) is 20.8 Å². The number of hydrogen-bond acceptors (Lipinski definition) is 3. The van der Waals surface area contributed by atoms with Crippen LogP contribution in [0.2, 0.25) is 0 Å². The molecule has 0 aliphatic carbocycles. The van der Waals surface area contributed by atoms with E-state index in [9.17, 15) is 0 Å². The number of oxime groups is 1. The fourth-order valence-corrected chi connectivity index (χ4v) is 0.574. The van der Waals surface area contributed by atoms with Gasteiger partial charge in [0.1, 0.15) is 0 Å². The van der Waals surface area contributed by atoms with Gasteiger partial charge in [0.25, 0.3) is 0 Å². The number of nitrogens with zero attached hydrogens (tertiary/aromatic N) is 2. The van der Waals surface area contributed by atoms with Gasteiger partial charge in [-0.05, 0) is 0 Å². The maximum atomic E-state index is 4.82. The second-order valence-electron chi connectivity index (χ2n) is 3.00. The van der Waals surface area contributed by atoms with E-state index in [0.29, 0.717) is 5.90 Å². The Morgan fingerprint density at radius 2 is 1.90 bits per heavy atom. The molecule has 3 heteroatoms. The molecule has 0 unspecified atom stereocenters. The van der Waals surface area contributed by atoms with Crippen molar-refractivity contribution in [2.24, 2.45) is 15.6 Å². The van der Waals surface area contributed by atoms with Gasteiger partial charge in [0, 0.05) is 19.2 Å². The lowest BCUT2D eigenvalue weighted by atomic mass is 9.97. The molecule has 0 aliphatic rings. The third-order valence-corrected chi connectivity index (χ3v) is 0.996. The number of aliphatic imine (C=N–C) groups is 1. The van der Waals surface area contributed by atoms with Crippen LogP contribution in [0.5, 0.6) is 0 Å². The Balaban J connectivity index is 4.23. The summed E-state index contributed by atoms with van der Waals surface area (Å²) < 4.78 is 0. The minimum absolute atomic E-state index is 0.0874. The third kappa shape index (κ3) is 2.62. The molecular formula is C7H14N2O. The van der Waals surface area contributed by atoms with Crippen molar-refractivity contribution in [1.82, 2.24) is 0 Å². The molecule has 0 heterocycles. The summed E-state index contributed by atoms with van der Waals surface area (Å²) in [5, 5.41) is 3.29. The van der Waals surface area contributed by atoms with E-state index in [4.69, 9.17) is 4.84 Å². The highest BCUT2D eigenvalue weighted by atomic mass is 16.6. The van der Waals surface area contributed by atoms with Gasteiger partial charge in [-0.25, -0.2) is 0 Å². The minimum atomic E-state index is -0.0874. The average Bonchev–Trinajstić information content (AvgIpc) is 1.80. The van der Waals surface area contributed by atoms with Crippen molar-refractivity contribution in [3.05, 3.63) is 0 Å². The van der Waals surface area contributed by atoms with E-state index < -0.39 is 0 Å². The number of rotatable bonds is 1. The molecule has 0 aromatic rings. The first kappa shape index (κ1) is 9.14. The Morgan fingerprint density at radius 1 is 1.40 bits per heavy atom. The van der Waals surface area contributed by atoms with Crippen LogP contribution >= 0.6 is 0 Å². The molecule has 0 radical (unpaired) electrons. The van der Waals surface area contributed by atoms with Crippen molar-refractivity contribution in [1.29, 1.82) is 0 Å². The van der Waals surface area contributed by atoms with Crippen molar-refractivity contribution in [2.75, 3.05) is 7.05 Å². The minimum Gasteiger partial charge on any atom is -0.342 e. The summed E-state index contributed by atoms with van der Waals surface area (Å²) >= 11 is 0. The smallest absolute Gasteiger partial charge is 0.225 e. The van der Waals surface area contributed by atoms with Gasteiger partial charge in [-0.1, -0.05) is 25.9 Å². The van der Waals surface area contributed by atoms with Crippen LogP contribution in [0.25, 0.3) is 0 Å². The van der Waals surface area contributed by atoms with Crippen molar-refractivity contribution in [3.63, 3.8) is 0 Å². The largest absolute Gasteiger partial charge is 0.342 e. The lowest BCUT2D eigenvalue weighted by Crippen LogP contribution is -2.21. The maximum Gasteiger partial charge on any atom is 0.225 e. The molecular weight excluding hydrogens is 128 g/mol. The molecule has 0 rings (SSSR count). The predicted molar refractivity (Wildman–Crippen MR) is 43.4 cm³/mol. The van der Waals surface area contributed by atoms with Crippen LogP contribution in [0.1, 0.15) is 20.8 Å². The van der Waals surface area contributed by atoms with Gasteiger partial charge in [0.05, 0.1) is 0 Å². The van der Waals surface area contributed by atoms with Gasteiger partial charge >= 0.3 is 0 Å². The molecule has 3 nitrogen and oxygen atoms in total. The highest BCUT2D eigenvalue weighted by molar-refractivity contribution is 5.81. The predicted octanol–water partition coefficient (Wildman–Crippen LogP) is 1.69. The second kappa shape index (κ2) is 3.34.